The zero-order valence-electron chi connectivity index (χ0n) is 8.34. The van der Waals surface area contributed by atoms with Crippen molar-refractivity contribution in [3.63, 3.8) is 0 Å². The van der Waals surface area contributed by atoms with Gasteiger partial charge in [0.2, 0.25) is 0 Å². The summed E-state index contributed by atoms with van der Waals surface area (Å²) >= 11 is 0. The number of hydrogen-bond acceptors (Lipinski definition) is 2. The van der Waals surface area contributed by atoms with Crippen molar-refractivity contribution in [3.05, 3.63) is 0 Å². The molecule has 0 bridgehead atoms. The Bertz CT molecular complexity index is 156. The zero-order valence-corrected chi connectivity index (χ0v) is 8.34. The Morgan fingerprint density at radius 3 is 2.54 bits per heavy atom. The van der Waals surface area contributed by atoms with Crippen molar-refractivity contribution < 1.29 is 5.11 Å². The largest absolute Gasteiger partial charge is 0.391 e. The highest BCUT2D eigenvalue weighted by molar-refractivity contribution is 4.80. The van der Waals surface area contributed by atoms with E-state index in [1.807, 2.05) is 0 Å². The highest BCUT2D eigenvalue weighted by Gasteiger charge is 2.25. The fourth-order valence-corrected chi connectivity index (χ4v) is 2.46. The number of β-amino-alcohol motifs (C(OH)–C–C–N with tert-alkyl or cyclic N) is 1. The lowest BCUT2D eigenvalue weighted by Gasteiger charge is -2.25. The monoisotopic (exact) mass is 183 g/mol. The first-order valence-corrected chi connectivity index (χ1v) is 5.75. The Morgan fingerprint density at radius 2 is 2.00 bits per heavy atom. The predicted octanol–water partition coefficient (Wildman–Crippen LogP) is 1.54. The normalized spacial score (nSPS) is 34.8. The van der Waals surface area contributed by atoms with Gasteiger partial charge in [-0.1, -0.05) is 32.1 Å². The van der Waals surface area contributed by atoms with Gasteiger partial charge < -0.3 is 10.4 Å². The number of aliphatic hydroxyl groups is 1. The second-order valence-corrected chi connectivity index (χ2v) is 4.71. The van der Waals surface area contributed by atoms with E-state index in [1.54, 1.807) is 0 Å². The molecular formula is C11H21NO. The topological polar surface area (TPSA) is 32.3 Å². The van der Waals surface area contributed by atoms with Crippen molar-refractivity contribution in [3.8, 4) is 0 Å². The maximum atomic E-state index is 9.56. The first kappa shape index (κ1) is 9.47. The van der Waals surface area contributed by atoms with E-state index >= 15 is 0 Å². The van der Waals surface area contributed by atoms with Crippen molar-refractivity contribution in [1.29, 1.82) is 0 Å². The lowest BCUT2D eigenvalue weighted by Crippen LogP contribution is -2.18. The van der Waals surface area contributed by atoms with Crippen molar-refractivity contribution >= 4 is 0 Å². The molecule has 1 aliphatic carbocycles. The molecule has 76 valence electrons. The third-order valence-electron chi connectivity index (χ3n) is 3.72. The molecule has 2 rings (SSSR count). The van der Waals surface area contributed by atoms with E-state index in [4.69, 9.17) is 0 Å². The summed E-state index contributed by atoms with van der Waals surface area (Å²) in [6, 6.07) is 0. The molecule has 2 nitrogen and oxygen atoms in total. The first-order valence-electron chi connectivity index (χ1n) is 5.75. The van der Waals surface area contributed by atoms with Crippen LogP contribution in [0, 0.1) is 11.8 Å². The van der Waals surface area contributed by atoms with Crippen LogP contribution in [-0.2, 0) is 0 Å². The van der Waals surface area contributed by atoms with E-state index in [9.17, 15) is 5.11 Å². The molecule has 2 unspecified atom stereocenters. The van der Waals surface area contributed by atoms with Crippen molar-refractivity contribution in [2.75, 3.05) is 13.1 Å². The summed E-state index contributed by atoms with van der Waals surface area (Å²) in [7, 11) is 0. The van der Waals surface area contributed by atoms with E-state index in [1.165, 1.54) is 38.5 Å². The minimum absolute atomic E-state index is 0.0682. The van der Waals surface area contributed by atoms with Crippen LogP contribution in [0.4, 0.5) is 0 Å². The molecule has 2 N–H and O–H groups in total. The predicted molar refractivity (Wildman–Crippen MR) is 53.6 cm³/mol. The van der Waals surface area contributed by atoms with Gasteiger partial charge in [-0.25, -0.2) is 0 Å². The molecule has 0 spiro atoms. The molecule has 0 aromatic heterocycles. The molecule has 2 heteroatoms. The second-order valence-electron chi connectivity index (χ2n) is 4.71. The van der Waals surface area contributed by atoms with Crippen molar-refractivity contribution in [1.82, 2.24) is 5.32 Å². The number of nitrogens with one attached hydrogen (secondary N) is 1. The summed E-state index contributed by atoms with van der Waals surface area (Å²) in [4.78, 5) is 0. The fraction of sp³-hybridized carbons (Fsp3) is 1.00. The minimum Gasteiger partial charge on any atom is -0.391 e. The molecule has 1 saturated heterocycles. The van der Waals surface area contributed by atoms with Crippen LogP contribution < -0.4 is 5.32 Å². The molecule has 2 atom stereocenters. The first-order chi connectivity index (χ1) is 6.36. The molecule has 0 amide bonds. The maximum Gasteiger partial charge on any atom is 0.0704 e. The van der Waals surface area contributed by atoms with Crippen molar-refractivity contribution in [2.45, 2.75) is 44.6 Å². The SMILES string of the molecule is OC1CNCC1CCCC1CCC1. The number of hydrogen-bond donors (Lipinski definition) is 2. The summed E-state index contributed by atoms with van der Waals surface area (Å²) in [6.07, 6.45) is 8.28. The van der Waals surface area contributed by atoms with E-state index < -0.39 is 0 Å². The van der Waals surface area contributed by atoms with E-state index in [-0.39, 0.29) is 6.10 Å². The molecule has 0 radical (unpaired) electrons. The van der Waals surface area contributed by atoms with Crippen LogP contribution in [-0.4, -0.2) is 24.3 Å². The van der Waals surface area contributed by atoms with Gasteiger partial charge in [0.15, 0.2) is 0 Å². The Labute approximate surface area is 80.7 Å². The quantitative estimate of drug-likeness (QED) is 0.693. The molecule has 1 heterocycles. The minimum atomic E-state index is -0.0682. The third kappa shape index (κ3) is 2.44. The van der Waals surface area contributed by atoms with Crippen LogP contribution >= 0.6 is 0 Å². The standard InChI is InChI=1S/C11H21NO/c13-11-8-12-7-10(11)6-2-5-9-3-1-4-9/h9-13H,1-8H2. The molecule has 1 saturated carbocycles. The van der Waals surface area contributed by atoms with Gasteiger partial charge in [-0.15, -0.1) is 0 Å². The second kappa shape index (κ2) is 4.43. The van der Waals surface area contributed by atoms with E-state index in [0.29, 0.717) is 5.92 Å². The molecule has 2 aliphatic rings. The molecule has 13 heavy (non-hydrogen) atoms. The van der Waals surface area contributed by atoms with Gasteiger partial charge in [0.05, 0.1) is 6.10 Å². The summed E-state index contributed by atoms with van der Waals surface area (Å²) in [6.45, 7) is 1.85. The Balaban J connectivity index is 1.56. The Morgan fingerprint density at radius 1 is 1.15 bits per heavy atom. The van der Waals surface area contributed by atoms with Gasteiger partial charge in [-0.2, -0.15) is 0 Å². The van der Waals surface area contributed by atoms with Crippen LogP contribution in [0.1, 0.15) is 38.5 Å². The molecule has 0 aromatic rings. The van der Waals surface area contributed by atoms with E-state index in [0.717, 1.165) is 19.0 Å². The lowest BCUT2D eigenvalue weighted by atomic mass is 9.81. The lowest BCUT2D eigenvalue weighted by molar-refractivity contribution is 0.138. The Hall–Kier alpha value is -0.0800. The third-order valence-corrected chi connectivity index (χ3v) is 3.72. The molecule has 1 aliphatic heterocycles. The average Bonchev–Trinajstić information content (AvgIpc) is 2.42. The average molecular weight is 183 g/mol. The molecular weight excluding hydrogens is 162 g/mol. The van der Waals surface area contributed by atoms with Crippen LogP contribution in [0.5, 0.6) is 0 Å². The van der Waals surface area contributed by atoms with Crippen LogP contribution in [0.3, 0.4) is 0 Å². The summed E-state index contributed by atoms with van der Waals surface area (Å²) in [5.74, 6) is 1.58. The summed E-state index contributed by atoms with van der Waals surface area (Å²) < 4.78 is 0. The van der Waals surface area contributed by atoms with E-state index in [2.05, 4.69) is 5.32 Å². The maximum absolute atomic E-state index is 9.56. The number of aliphatic hydroxyl groups excluding tert-OH is 1. The summed E-state index contributed by atoms with van der Waals surface area (Å²) in [5, 5.41) is 12.8. The van der Waals surface area contributed by atoms with Gasteiger partial charge in [0.25, 0.3) is 0 Å². The zero-order chi connectivity index (χ0) is 9.10. The van der Waals surface area contributed by atoms with Gasteiger partial charge >= 0.3 is 0 Å². The van der Waals surface area contributed by atoms with Gasteiger partial charge in [0, 0.05) is 13.1 Å². The highest BCUT2D eigenvalue weighted by atomic mass is 16.3. The van der Waals surface area contributed by atoms with Crippen LogP contribution in [0.2, 0.25) is 0 Å². The molecule has 2 fully saturated rings. The summed E-state index contributed by atoms with van der Waals surface area (Å²) in [5.41, 5.74) is 0. The smallest absolute Gasteiger partial charge is 0.0704 e. The number of rotatable bonds is 4. The Kier molecular flexibility index (Phi) is 3.23. The van der Waals surface area contributed by atoms with Crippen molar-refractivity contribution in [2.24, 2.45) is 11.8 Å². The van der Waals surface area contributed by atoms with Crippen LogP contribution in [0.25, 0.3) is 0 Å². The van der Waals surface area contributed by atoms with Gasteiger partial charge in [-0.05, 0) is 18.3 Å². The van der Waals surface area contributed by atoms with Crippen LogP contribution in [0.15, 0.2) is 0 Å². The fourth-order valence-electron chi connectivity index (χ4n) is 2.46. The van der Waals surface area contributed by atoms with Gasteiger partial charge in [0.1, 0.15) is 0 Å². The van der Waals surface area contributed by atoms with Gasteiger partial charge in [-0.3, -0.25) is 0 Å². The highest BCUT2D eigenvalue weighted by Crippen LogP contribution is 2.31. The molecule has 0 aromatic carbocycles.